The number of hydrogen-bond acceptors (Lipinski definition) is 6. The third-order valence-electron chi connectivity index (χ3n) is 7.74. The van der Waals surface area contributed by atoms with Crippen LogP contribution in [0.2, 0.25) is 0 Å². The van der Waals surface area contributed by atoms with Gasteiger partial charge in [0.2, 0.25) is 5.43 Å². The highest BCUT2D eigenvalue weighted by Crippen LogP contribution is 2.38. The number of hydrogen-bond donors (Lipinski definition) is 1. The van der Waals surface area contributed by atoms with Crippen LogP contribution in [-0.4, -0.2) is 52.0 Å². The van der Waals surface area contributed by atoms with E-state index in [-0.39, 0.29) is 23.5 Å². The van der Waals surface area contributed by atoms with Crippen molar-refractivity contribution in [2.75, 3.05) is 24.5 Å². The normalized spacial score (nSPS) is 17.0. The first kappa shape index (κ1) is 24.6. The molecule has 0 spiro atoms. The minimum Gasteiger partial charge on any atom is -0.477 e. The van der Waals surface area contributed by atoms with E-state index in [4.69, 9.17) is 0 Å². The summed E-state index contributed by atoms with van der Waals surface area (Å²) in [5, 5.41) is 19.3. The van der Waals surface area contributed by atoms with Crippen LogP contribution in [0.15, 0.2) is 58.5 Å². The Hall–Kier alpha value is -4.78. The van der Waals surface area contributed by atoms with Crippen molar-refractivity contribution < 1.29 is 23.9 Å². The van der Waals surface area contributed by atoms with Gasteiger partial charge in [-0.15, -0.1) is 0 Å². The fourth-order valence-corrected chi connectivity index (χ4v) is 5.49. The molecule has 1 aliphatic carbocycles. The first-order valence-electron chi connectivity index (χ1n) is 12.7. The van der Waals surface area contributed by atoms with Crippen molar-refractivity contribution in [3.05, 3.63) is 86.5 Å². The maximum Gasteiger partial charge on any atom is 0.341 e. The van der Waals surface area contributed by atoms with Gasteiger partial charge < -0.3 is 14.6 Å². The zero-order valence-electron chi connectivity index (χ0n) is 20.8. The molecule has 3 aliphatic rings. The van der Waals surface area contributed by atoms with Crippen molar-refractivity contribution in [1.82, 2.24) is 9.47 Å². The molecule has 3 aromatic rings. The Morgan fingerprint density at radius 3 is 2.26 bits per heavy atom. The summed E-state index contributed by atoms with van der Waals surface area (Å²) in [6.45, 7) is 0.681. The standard InChI is InChI=1S/C29H23FN4O5/c30-23-11-21-24(33(18-5-6-18)15-22(26(21)35)29(38)39)12-25(23)32-9-7-16(8-10-32)17(13-31)14-34-27(36)19-3-1-2-4-20(19)28(34)37/h1-4,11-12,15,18H,5-10,14H2,(H,38,39). The van der Waals surface area contributed by atoms with Gasteiger partial charge in [0.05, 0.1) is 34.9 Å². The molecule has 39 heavy (non-hydrogen) atoms. The Balaban J connectivity index is 1.26. The lowest BCUT2D eigenvalue weighted by atomic mass is 9.97. The molecular weight excluding hydrogens is 503 g/mol. The summed E-state index contributed by atoms with van der Waals surface area (Å²) in [5.41, 5.74) is 1.52. The van der Waals surface area contributed by atoms with Gasteiger partial charge in [0.25, 0.3) is 11.8 Å². The van der Waals surface area contributed by atoms with E-state index in [1.54, 1.807) is 34.9 Å². The van der Waals surface area contributed by atoms with Crippen LogP contribution >= 0.6 is 0 Å². The van der Waals surface area contributed by atoms with Crippen molar-refractivity contribution in [3.8, 4) is 6.07 Å². The molecule has 2 amide bonds. The van der Waals surface area contributed by atoms with Gasteiger partial charge in [-0.3, -0.25) is 19.3 Å². The highest BCUT2D eigenvalue weighted by Gasteiger charge is 2.36. The maximum absolute atomic E-state index is 15.3. The van der Waals surface area contributed by atoms with Crippen LogP contribution in [0.25, 0.3) is 10.9 Å². The van der Waals surface area contributed by atoms with Crippen molar-refractivity contribution in [3.63, 3.8) is 0 Å². The van der Waals surface area contributed by atoms with Crippen molar-refractivity contribution in [2.24, 2.45) is 0 Å². The molecule has 1 saturated carbocycles. The molecule has 2 aliphatic heterocycles. The first-order valence-corrected chi connectivity index (χ1v) is 12.7. The molecule has 0 atom stereocenters. The lowest BCUT2D eigenvalue weighted by Crippen LogP contribution is -2.34. The van der Waals surface area contributed by atoms with Crippen LogP contribution in [-0.2, 0) is 0 Å². The SMILES string of the molecule is N#CC(CN1C(=O)c2ccccc2C1=O)=C1CCN(c2cc3c(cc2F)c(=O)c(C(=O)O)cn3C2CC2)CC1. The lowest BCUT2D eigenvalue weighted by Gasteiger charge is -2.32. The minimum absolute atomic E-state index is 0.0355. The number of pyridine rings is 1. The molecule has 0 radical (unpaired) electrons. The molecule has 2 aromatic carbocycles. The number of nitriles is 1. The number of carbonyl (C=O) groups is 3. The largest absolute Gasteiger partial charge is 0.477 e. The Morgan fingerprint density at radius 1 is 1.05 bits per heavy atom. The van der Waals surface area contributed by atoms with Gasteiger partial charge >= 0.3 is 5.97 Å². The van der Waals surface area contributed by atoms with Gasteiger partial charge in [-0.25, -0.2) is 9.18 Å². The van der Waals surface area contributed by atoms with Crippen LogP contribution in [0, 0.1) is 17.1 Å². The number of imide groups is 1. The van der Waals surface area contributed by atoms with Crippen LogP contribution < -0.4 is 10.3 Å². The van der Waals surface area contributed by atoms with Gasteiger partial charge in [0.1, 0.15) is 11.4 Å². The summed E-state index contributed by atoms with van der Waals surface area (Å²) in [6, 6.07) is 11.5. The number of carboxylic acid groups (broad SMARTS) is 1. The van der Waals surface area contributed by atoms with Gasteiger partial charge in [0, 0.05) is 36.3 Å². The molecule has 9 nitrogen and oxygen atoms in total. The van der Waals surface area contributed by atoms with Gasteiger partial charge in [-0.1, -0.05) is 17.7 Å². The highest BCUT2D eigenvalue weighted by molar-refractivity contribution is 6.21. The molecule has 3 heterocycles. The monoisotopic (exact) mass is 526 g/mol. The number of aromatic nitrogens is 1. The second kappa shape index (κ2) is 9.20. The zero-order valence-corrected chi connectivity index (χ0v) is 20.8. The number of halogens is 1. The molecule has 0 bridgehead atoms. The Kier molecular flexibility index (Phi) is 5.79. The van der Waals surface area contributed by atoms with Gasteiger partial charge in [0.15, 0.2) is 0 Å². The average Bonchev–Trinajstić information content (AvgIpc) is 3.75. The highest BCUT2D eigenvalue weighted by atomic mass is 19.1. The average molecular weight is 527 g/mol. The van der Waals surface area contributed by atoms with Gasteiger partial charge in [-0.05, 0) is 49.9 Å². The molecular formula is C29H23FN4O5. The second-order valence-corrected chi connectivity index (χ2v) is 10.1. The number of benzene rings is 2. The molecule has 6 rings (SSSR count). The summed E-state index contributed by atoms with van der Waals surface area (Å²) < 4.78 is 17.0. The maximum atomic E-state index is 15.3. The second-order valence-electron chi connectivity index (χ2n) is 10.1. The van der Waals surface area contributed by atoms with Crippen molar-refractivity contribution in [1.29, 1.82) is 5.26 Å². The number of carbonyl (C=O) groups excluding carboxylic acids is 2. The van der Waals surface area contributed by atoms with E-state index in [1.165, 1.54) is 6.20 Å². The molecule has 0 unspecified atom stereocenters. The van der Waals surface area contributed by atoms with E-state index in [0.29, 0.717) is 53.8 Å². The predicted molar refractivity (Wildman–Crippen MR) is 139 cm³/mol. The lowest BCUT2D eigenvalue weighted by molar-refractivity contribution is 0.0663. The number of aromatic carboxylic acids is 1. The topological polar surface area (TPSA) is 124 Å². The van der Waals surface area contributed by atoms with E-state index in [1.807, 2.05) is 4.90 Å². The first-order chi connectivity index (χ1) is 18.8. The molecule has 2 fully saturated rings. The summed E-state index contributed by atoms with van der Waals surface area (Å²) in [7, 11) is 0. The third-order valence-corrected chi connectivity index (χ3v) is 7.74. The molecule has 196 valence electrons. The fourth-order valence-electron chi connectivity index (χ4n) is 5.49. The van der Waals surface area contributed by atoms with E-state index < -0.39 is 29.0 Å². The van der Waals surface area contributed by atoms with E-state index in [0.717, 1.165) is 29.4 Å². The number of piperidine rings is 1. The summed E-state index contributed by atoms with van der Waals surface area (Å²) >= 11 is 0. The third kappa shape index (κ3) is 4.07. The van der Waals surface area contributed by atoms with Gasteiger partial charge in [-0.2, -0.15) is 5.26 Å². The van der Waals surface area contributed by atoms with Crippen LogP contribution in [0.5, 0.6) is 0 Å². The Morgan fingerprint density at radius 2 is 1.69 bits per heavy atom. The number of amides is 2. The van der Waals surface area contributed by atoms with Crippen LogP contribution in [0.4, 0.5) is 10.1 Å². The zero-order chi connectivity index (χ0) is 27.4. The summed E-state index contributed by atoms with van der Waals surface area (Å²) in [5.74, 6) is -2.81. The number of fused-ring (bicyclic) bond motifs is 2. The summed E-state index contributed by atoms with van der Waals surface area (Å²) in [4.78, 5) is 52.8. The number of nitrogens with zero attached hydrogens (tertiary/aromatic N) is 4. The summed E-state index contributed by atoms with van der Waals surface area (Å²) in [6.07, 6.45) is 3.94. The van der Waals surface area contributed by atoms with Crippen molar-refractivity contribution >= 4 is 34.4 Å². The molecule has 1 N–H and O–H groups in total. The number of rotatable bonds is 5. The van der Waals surface area contributed by atoms with Crippen LogP contribution in [0.3, 0.4) is 0 Å². The Labute approximate surface area is 222 Å². The predicted octanol–water partition coefficient (Wildman–Crippen LogP) is 3.89. The van der Waals surface area contributed by atoms with E-state index in [9.17, 15) is 29.5 Å². The van der Waals surface area contributed by atoms with Crippen LogP contribution in [0.1, 0.15) is 62.8 Å². The Bertz CT molecular complexity index is 1680. The smallest absolute Gasteiger partial charge is 0.341 e. The quantitative estimate of drug-likeness (QED) is 0.395. The van der Waals surface area contributed by atoms with E-state index >= 15 is 4.39 Å². The fraction of sp³-hybridized carbons (Fsp3) is 0.276. The van der Waals surface area contributed by atoms with E-state index in [2.05, 4.69) is 6.07 Å². The number of anilines is 1. The molecule has 1 saturated heterocycles. The molecule has 1 aromatic heterocycles. The van der Waals surface area contributed by atoms with Crippen molar-refractivity contribution in [2.45, 2.75) is 31.7 Å². The minimum atomic E-state index is -1.34. The number of carboxylic acids is 1. The molecule has 10 heteroatoms.